The van der Waals surface area contributed by atoms with Crippen molar-refractivity contribution in [3.8, 4) is 0 Å². The molecule has 1 N–H and O–H groups in total. The summed E-state index contributed by atoms with van der Waals surface area (Å²) in [5.74, 6) is -0.0984. The van der Waals surface area contributed by atoms with Crippen LogP contribution in [0.3, 0.4) is 0 Å². The Morgan fingerprint density at radius 2 is 1.76 bits per heavy atom. The molecule has 1 heterocycles. The van der Waals surface area contributed by atoms with Crippen LogP contribution in [-0.2, 0) is 14.4 Å². The van der Waals surface area contributed by atoms with Crippen molar-refractivity contribution in [1.82, 2.24) is 4.90 Å². The maximum absolute atomic E-state index is 13.4. The lowest BCUT2D eigenvalue weighted by Gasteiger charge is -2.65. The summed E-state index contributed by atoms with van der Waals surface area (Å²) in [7, 11) is 0. The van der Waals surface area contributed by atoms with Crippen LogP contribution in [0.5, 0.6) is 0 Å². The van der Waals surface area contributed by atoms with Crippen LogP contribution >= 0.6 is 11.8 Å². The summed E-state index contributed by atoms with van der Waals surface area (Å²) in [5.41, 5.74) is 0.386. The molecule has 4 bridgehead atoms. The predicted octanol–water partition coefficient (Wildman–Crippen LogP) is 4.26. The number of thioether (sulfide) groups is 1. The van der Waals surface area contributed by atoms with E-state index in [0.717, 1.165) is 24.2 Å². The molecule has 6 heteroatoms. The quantitative estimate of drug-likeness (QED) is 0.651. The van der Waals surface area contributed by atoms with E-state index in [1.165, 1.54) is 26.2 Å². The van der Waals surface area contributed by atoms with Gasteiger partial charge in [0.15, 0.2) is 5.78 Å². The first-order valence-electron chi connectivity index (χ1n) is 10.8. The minimum Gasteiger partial charge on any atom is -0.509 e. The molecule has 5 aliphatic rings. The second-order valence-electron chi connectivity index (χ2n) is 11.0. The largest absolute Gasteiger partial charge is 0.509 e. The zero-order chi connectivity index (χ0) is 21.2. The van der Waals surface area contributed by atoms with E-state index in [1.54, 1.807) is 11.8 Å². The minimum absolute atomic E-state index is 0.0635. The van der Waals surface area contributed by atoms with Gasteiger partial charge in [0, 0.05) is 13.3 Å². The standard InChI is InChI=1S/C23H33NO4S/c1-14(25)24-16(5-6-29-4)19(27)18(20(24)28)17(26)10-23-9-15-7-21(2,12-23)11-22(3,8-15)13-23/h15-16,27H,5-13H2,1-4H3. The van der Waals surface area contributed by atoms with Crippen molar-refractivity contribution >= 4 is 29.4 Å². The van der Waals surface area contributed by atoms with Crippen LogP contribution in [0.25, 0.3) is 0 Å². The predicted molar refractivity (Wildman–Crippen MR) is 113 cm³/mol. The Morgan fingerprint density at radius 3 is 2.28 bits per heavy atom. The minimum atomic E-state index is -0.696. The van der Waals surface area contributed by atoms with Gasteiger partial charge in [0.2, 0.25) is 5.91 Å². The third-order valence-electron chi connectivity index (χ3n) is 7.81. The molecule has 160 valence electrons. The van der Waals surface area contributed by atoms with Crippen LogP contribution in [0.4, 0.5) is 0 Å². The highest BCUT2D eigenvalue weighted by molar-refractivity contribution is 7.98. The van der Waals surface area contributed by atoms with Gasteiger partial charge in [0.25, 0.3) is 5.91 Å². The fourth-order valence-electron chi connectivity index (χ4n) is 8.09. The van der Waals surface area contributed by atoms with Crippen molar-refractivity contribution in [3.63, 3.8) is 0 Å². The molecule has 0 radical (unpaired) electrons. The number of hydrogen-bond acceptors (Lipinski definition) is 5. The van der Waals surface area contributed by atoms with E-state index in [1.807, 2.05) is 6.26 Å². The number of carbonyl (C=O) groups is 3. The van der Waals surface area contributed by atoms with Gasteiger partial charge in [0.1, 0.15) is 11.3 Å². The molecule has 5 rings (SSSR count). The summed E-state index contributed by atoms with van der Waals surface area (Å²) in [4.78, 5) is 39.5. The normalized spacial score (nSPS) is 40.8. The zero-order valence-corrected chi connectivity index (χ0v) is 18.9. The van der Waals surface area contributed by atoms with Crippen LogP contribution in [0.1, 0.15) is 72.1 Å². The Labute approximate surface area is 177 Å². The highest BCUT2D eigenvalue weighted by Crippen LogP contribution is 2.70. The van der Waals surface area contributed by atoms with Gasteiger partial charge in [-0.1, -0.05) is 13.8 Å². The van der Waals surface area contributed by atoms with Gasteiger partial charge >= 0.3 is 0 Å². The number of Topliss-reactive ketones (excluding diaryl/α,β-unsaturated/α-hetero) is 1. The number of carbonyl (C=O) groups excluding carboxylic acids is 3. The van der Waals surface area contributed by atoms with Crippen LogP contribution < -0.4 is 0 Å². The number of rotatable bonds is 6. The molecular weight excluding hydrogens is 386 g/mol. The topological polar surface area (TPSA) is 74.7 Å². The average molecular weight is 420 g/mol. The van der Waals surface area contributed by atoms with Gasteiger partial charge in [-0.05, 0) is 79.1 Å². The molecule has 0 spiro atoms. The fourth-order valence-corrected chi connectivity index (χ4v) is 8.55. The number of amides is 2. The van der Waals surface area contributed by atoms with Crippen LogP contribution in [0.15, 0.2) is 11.3 Å². The van der Waals surface area contributed by atoms with E-state index in [-0.39, 0.29) is 33.4 Å². The molecule has 0 aromatic heterocycles. The molecule has 29 heavy (non-hydrogen) atoms. The maximum atomic E-state index is 13.4. The molecule has 4 aliphatic carbocycles. The van der Waals surface area contributed by atoms with E-state index in [9.17, 15) is 19.5 Å². The van der Waals surface area contributed by atoms with Gasteiger partial charge in [-0.25, -0.2) is 0 Å². The summed E-state index contributed by atoms with van der Waals surface area (Å²) in [6, 6.07) is -0.696. The van der Waals surface area contributed by atoms with E-state index in [2.05, 4.69) is 13.8 Å². The molecule has 3 atom stereocenters. The van der Waals surface area contributed by atoms with Gasteiger partial charge in [-0.15, -0.1) is 0 Å². The molecule has 3 unspecified atom stereocenters. The zero-order valence-electron chi connectivity index (χ0n) is 18.0. The summed E-state index contributed by atoms with van der Waals surface area (Å²) in [6.45, 7) is 6.05. The highest BCUT2D eigenvalue weighted by Gasteiger charge is 2.60. The summed E-state index contributed by atoms with van der Waals surface area (Å²) in [6.07, 6.45) is 9.58. The summed E-state index contributed by atoms with van der Waals surface area (Å²) in [5, 5.41) is 10.8. The van der Waals surface area contributed by atoms with Crippen molar-refractivity contribution in [2.75, 3.05) is 12.0 Å². The van der Waals surface area contributed by atoms with Crippen molar-refractivity contribution in [2.24, 2.45) is 22.2 Å². The Bertz CT molecular complexity index is 785. The Morgan fingerprint density at radius 1 is 1.14 bits per heavy atom. The molecule has 5 nitrogen and oxygen atoms in total. The third kappa shape index (κ3) is 3.45. The Kier molecular flexibility index (Phi) is 4.96. The monoisotopic (exact) mass is 419 g/mol. The lowest BCUT2D eigenvalue weighted by Crippen LogP contribution is -2.55. The molecule has 0 aromatic rings. The van der Waals surface area contributed by atoms with E-state index in [4.69, 9.17) is 0 Å². The van der Waals surface area contributed by atoms with E-state index in [0.29, 0.717) is 24.5 Å². The smallest absolute Gasteiger partial charge is 0.268 e. The first-order chi connectivity index (χ1) is 13.5. The first-order valence-corrected chi connectivity index (χ1v) is 12.2. The van der Waals surface area contributed by atoms with Gasteiger partial charge in [0.05, 0.1) is 6.04 Å². The summed E-state index contributed by atoms with van der Waals surface area (Å²) >= 11 is 1.59. The lowest BCUT2D eigenvalue weighted by atomic mass is 9.39. The fraction of sp³-hybridized carbons (Fsp3) is 0.783. The van der Waals surface area contributed by atoms with Crippen LogP contribution in [-0.4, -0.2) is 45.7 Å². The molecule has 4 fully saturated rings. The number of nitrogens with zero attached hydrogens (tertiary/aromatic N) is 1. The molecular formula is C23H33NO4S. The number of ketones is 1. The van der Waals surface area contributed by atoms with Crippen molar-refractivity contribution in [3.05, 3.63) is 11.3 Å². The Balaban J connectivity index is 1.60. The van der Waals surface area contributed by atoms with E-state index < -0.39 is 17.9 Å². The molecule has 0 saturated heterocycles. The number of imide groups is 1. The maximum Gasteiger partial charge on any atom is 0.268 e. The second-order valence-corrected chi connectivity index (χ2v) is 12.0. The number of hydrogen-bond donors (Lipinski definition) is 1. The lowest BCUT2D eigenvalue weighted by molar-refractivity contribution is -0.153. The number of aliphatic hydroxyl groups excluding tert-OH is 1. The van der Waals surface area contributed by atoms with Crippen LogP contribution in [0, 0.1) is 22.2 Å². The van der Waals surface area contributed by atoms with E-state index >= 15 is 0 Å². The van der Waals surface area contributed by atoms with Crippen molar-refractivity contribution in [1.29, 1.82) is 0 Å². The van der Waals surface area contributed by atoms with Gasteiger partial charge in [-0.2, -0.15) is 11.8 Å². The second kappa shape index (κ2) is 6.86. The summed E-state index contributed by atoms with van der Waals surface area (Å²) < 4.78 is 0. The molecule has 0 aromatic carbocycles. The molecule has 2 amide bonds. The van der Waals surface area contributed by atoms with Gasteiger partial charge < -0.3 is 5.11 Å². The average Bonchev–Trinajstić information content (AvgIpc) is 2.79. The highest BCUT2D eigenvalue weighted by atomic mass is 32.2. The van der Waals surface area contributed by atoms with Crippen molar-refractivity contribution in [2.45, 2.75) is 78.2 Å². The SMILES string of the molecule is CSCCC1C(O)=C(C(=O)CC23CC4CC(C)(CC(C)(C4)C2)C3)C(=O)N1C(C)=O. The Hall–Kier alpha value is -1.30. The number of aliphatic hydroxyl groups is 1. The third-order valence-corrected chi connectivity index (χ3v) is 8.45. The van der Waals surface area contributed by atoms with Gasteiger partial charge in [-0.3, -0.25) is 19.3 Å². The van der Waals surface area contributed by atoms with Crippen molar-refractivity contribution < 1.29 is 19.5 Å². The van der Waals surface area contributed by atoms with Crippen LogP contribution in [0.2, 0.25) is 0 Å². The first kappa shape index (κ1) is 21.0. The molecule has 4 saturated carbocycles. The molecule has 1 aliphatic heterocycles.